The second-order valence-corrected chi connectivity index (χ2v) is 9.14. The Balaban J connectivity index is 1.35. The highest BCUT2D eigenvalue weighted by Crippen LogP contribution is 2.30. The smallest absolute Gasteiger partial charge is 0.191 e. The standard InChI is InChI=1S/C27H23FN4OS/c28-23-13-11-21(12-14-23)26-30-31-27(32(26)17-24-5-3-15-33-24)34-18-19-7-9-20(10-8-19)25-6-2-1-4-22(25)16-29/h1-2,4,6-14,24H,3,5,15,17-18H2. The zero-order chi connectivity index (χ0) is 23.3. The molecule has 34 heavy (non-hydrogen) atoms. The fraction of sp³-hybridized carbons (Fsp3) is 0.222. The number of nitriles is 1. The zero-order valence-corrected chi connectivity index (χ0v) is 19.3. The lowest BCUT2D eigenvalue weighted by Crippen LogP contribution is -2.16. The van der Waals surface area contributed by atoms with Gasteiger partial charge in [-0.1, -0.05) is 54.2 Å². The first-order valence-electron chi connectivity index (χ1n) is 11.2. The molecule has 0 amide bonds. The van der Waals surface area contributed by atoms with Crippen LogP contribution >= 0.6 is 11.8 Å². The van der Waals surface area contributed by atoms with Crippen LogP contribution in [0.25, 0.3) is 22.5 Å². The molecule has 1 atom stereocenters. The molecule has 4 aromatic rings. The van der Waals surface area contributed by atoms with Crippen molar-refractivity contribution in [2.24, 2.45) is 0 Å². The van der Waals surface area contributed by atoms with Crippen molar-refractivity contribution in [3.05, 3.63) is 89.7 Å². The lowest BCUT2D eigenvalue weighted by atomic mass is 10.00. The quantitative estimate of drug-likeness (QED) is 0.306. The average molecular weight is 471 g/mol. The van der Waals surface area contributed by atoms with Crippen LogP contribution in [0.3, 0.4) is 0 Å². The molecule has 0 N–H and O–H groups in total. The summed E-state index contributed by atoms with van der Waals surface area (Å²) in [5.41, 5.74) is 4.60. The van der Waals surface area contributed by atoms with Crippen LogP contribution in [0.4, 0.5) is 4.39 Å². The van der Waals surface area contributed by atoms with Gasteiger partial charge in [0.1, 0.15) is 5.82 Å². The Bertz CT molecular complexity index is 1310. The van der Waals surface area contributed by atoms with Gasteiger partial charge in [0.15, 0.2) is 11.0 Å². The highest BCUT2D eigenvalue weighted by molar-refractivity contribution is 7.98. The van der Waals surface area contributed by atoms with E-state index in [4.69, 9.17) is 4.74 Å². The first-order valence-corrected chi connectivity index (χ1v) is 12.2. The molecule has 1 saturated heterocycles. The van der Waals surface area contributed by atoms with Gasteiger partial charge in [0.05, 0.1) is 24.3 Å². The summed E-state index contributed by atoms with van der Waals surface area (Å²) in [6.07, 6.45) is 2.20. The van der Waals surface area contributed by atoms with Gasteiger partial charge in [-0.15, -0.1) is 10.2 Å². The topological polar surface area (TPSA) is 63.7 Å². The van der Waals surface area contributed by atoms with E-state index in [1.165, 1.54) is 12.1 Å². The number of nitrogens with zero attached hydrogens (tertiary/aromatic N) is 4. The minimum atomic E-state index is -0.274. The van der Waals surface area contributed by atoms with E-state index in [9.17, 15) is 9.65 Å². The molecule has 2 heterocycles. The van der Waals surface area contributed by atoms with Crippen LogP contribution in [0.2, 0.25) is 0 Å². The van der Waals surface area contributed by atoms with E-state index in [-0.39, 0.29) is 11.9 Å². The van der Waals surface area contributed by atoms with Crippen LogP contribution in [0.15, 0.2) is 78.0 Å². The Labute approximate surface area is 202 Å². The average Bonchev–Trinajstić information content (AvgIpc) is 3.54. The summed E-state index contributed by atoms with van der Waals surface area (Å²) in [4.78, 5) is 0. The van der Waals surface area contributed by atoms with Crippen molar-refractivity contribution in [3.63, 3.8) is 0 Å². The molecule has 0 aliphatic carbocycles. The Kier molecular flexibility index (Phi) is 6.70. The number of rotatable bonds is 7. The predicted octanol–water partition coefficient (Wildman–Crippen LogP) is 6.09. The molecular weight excluding hydrogens is 447 g/mol. The van der Waals surface area contributed by atoms with E-state index in [1.807, 2.05) is 36.4 Å². The van der Waals surface area contributed by atoms with Crippen molar-refractivity contribution in [2.45, 2.75) is 36.4 Å². The molecule has 5 rings (SSSR count). The van der Waals surface area contributed by atoms with E-state index in [0.717, 1.165) is 58.4 Å². The van der Waals surface area contributed by atoms with Gasteiger partial charge in [-0.3, -0.25) is 4.57 Å². The minimum Gasteiger partial charge on any atom is -0.376 e. The monoisotopic (exact) mass is 470 g/mol. The molecular formula is C27H23FN4OS. The molecule has 1 fully saturated rings. The Morgan fingerprint density at radius 2 is 1.76 bits per heavy atom. The molecule has 5 nitrogen and oxygen atoms in total. The van der Waals surface area contributed by atoms with Gasteiger partial charge in [-0.05, 0) is 59.9 Å². The molecule has 1 aliphatic heterocycles. The molecule has 1 aromatic heterocycles. The van der Waals surface area contributed by atoms with Crippen LogP contribution in [-0.2, 0) is 17.0 Å². The molecule has 3 aromatic carbocycles. The lowest BCUT2D eigenvalue weighted by Gasteiger charge is -2.15. The van der Waals surface area contributed by atoms with E-state index < -0.39 is 0 Å². The Morgan fingerprint density at radius 3 is 2.50 bits per heavy atom. The molecule has 7 heteroatoms. The lowest BCUT2D eigenvalue weighted by molar-refractivity contribution is 0.0953. The molecule has 170 valence electrons. The van der Waals surface area contributed by atoms with Crippen LogP contribution in [-0.4, -0.2) is 27.5 Å². The van der Waals surface area contributed by atoms with Gasteiger partial charge >= 0.3 is 0 Å². The number of thioether (sulfide) groups is 1. The minimum absolute atomic E-state index is 0.133. The molecule has 0 radical (unpaired) electrons. The number of ether oxygens (including phenoxy) is 1. The van der Waals surface area contributed by atoms with Crippen molar-refractivity contribution in [3.8, 4) is 28.6 Å². The Hall–Kier alpha value is -3.47. The van der Waals surface area contributed by atoms with E-state index in [1.54, 1.807) is 23.9 Å². The van der Waals surface area contributed by atoms with Gasteiger partial charge in [0, 0.05) is 17.9 Å². The number of aromatic nitrogens is 3. The maximum absolute atomic E-state index is 13.4. The summed E-state index contributed by atoms with van der Waals surface area (Å²) in [5.74, 6) is 1.18. The zero-order valence-electron chi connectivity index (χ0n) is 18.5. The summed E-state index contributed by atoms with van der Waals surface area (Å²) in [6, 6.07) is 24.5. The second kappa shape index (κ2) is 10.2. The predicted molar refractivity (Wildman–Crippen MR) is 131 cm³/mol. The number of hydrogen-bond donors (Lipinski definition) is 0. The SMILES string of the molecule is N#Cc1ccccc1-c1ccc(CSc2nnc(-c3ccc(F)cc3)n2CC2CCCO2)cc1. The summed E-state index contributed by atoms with van der Waals surface area (Å²) < 4.78 is 21.4. The van der Waals surface area contributed by atoms with Crippen molar-refractivity contribution >= 4 is 11.8 Å². The molecule has 0 spiro atoms. The van der Waals surface area contributed by atoms with Crippen LogP contribution in [0.1, 0.15) is 24.0 Å². The van der Waals surface area contributed by atoms with Crippen molar-refractivity contribution in [2.75, 3.05) is 6.61 Å². The molecule has 0 saturated carbocycles. The third-order valence-corrected chi connectivity index (χ3v) is 6.95. The van der Waals surface area contributed by atoms with E-state index in [0.29, 0.717) is 12.1 Å². The molecule has 1 aliphatic rings. The first kappa shape index (κ1) is 22.3. The highest BCUT2D eigenvalue weighted by Gasteiger charge is 2.22. The van der Waals surface area contributed by atoms with Crippen molar-refractivity contribution < 1.29 is 9.13 Å². The second-order valence-electron chi connectivity index (χ2n) is 8.20. The van der Waals surface area contributed by atoms with Crippen molar-refractivity contribution in [1.82, 2.24) is 14.8 Å². The fourth-order valence-corrected chi connectivity index (χ4v) is 5.03. The van der Waals surface area contributed by atoms with Gasteiger partial charge < -0.3 is 4.74 Å². The third kappa shape index (κ3) is 4.89. The molecule has 1 unspecified atom stereocenters. The number of halogens is 1. The molecule has 0 bridgehead atoms. The van der Waals surface area contributed by atoms with Crippen LogP contribution in [0, 0.1) is 17.1 Å². The van der Waals surface area contributed by atoms with Crippen molar-refractivity contribution in [1.29, 1.82) is 5.26 Å². The summed E-state index contributed by atoms with van der Waals surface area (Å²) in [7, 11) is 0. The van der Waals surface area contributed by atoms with E-state index in [2.05, 4.69) is 33.0 Å². The largest absolute Gasteiger partial charge is 0.376 e. The number of benzene rings is 3. The van der Waals surface area contributed by atoms with Crippen LogP contribution < -0.4 is 0 Å². The maximum Gasteiger partial charge on any atom is 0.191 e. The van der Waals surface area contributed by atoms with E-state index >= 15 is 0 Å². The van der Waals surface area contributed by atoms with Gasteiger partial charge in [-0.2, -0.15) is 5.26 Å². The summed E-state index contributed by atoms with van der Waals surface area (Å²) in [5, 5.41) is 19.1. The summed E-state index contributed by atoms with van der Waals surface area (Å²) >= 11 is 1.62. The number of hydrogen-bond acceptors (Lipinski definition) is 5. The Morgan fingerprint density at radius 1 is 1.00 bits per heavy atom. The first-order chi connectivity index (χ1) is 16.7. The van der Waals surface area contributed by atoms with Gasteiger partial charge in [0.2, 0.25) is 0 Å². The third-order valence-electron chi connectivity index (χ3n) is 5.91. The van der Waals surface area contributed by atoms with Gasteiger partial charge in [0.25, 0.3) is 0 Å². The maximum atomic E-state index is 13.4. The normalized spacial score (nSPS) is 15.4. The summed E-state index contributed by atoms with van der Waals surface area (Å²) in [6.45, 7) is 1.45. The fourth-order valence-electron chi connectivity index (χ4n) is 4.13. The van der Waals surface area contributed by atoms with Gasteiger partial charge in [-0.25, -0.2) is 4.39 Å². The van der Waals surface area contributed by atoms with Crippen LogP contribution in [0.5, 0.6) is 0 Å². The highest BCUT2D eigenvalue weighted by atomic mass is 32.2.